The van der Waals surface area contributed by atoms with Crippen molar-refractivity contribution in [3.8, 4) is 0 Å². The maximum atomic E-state index is 13.0. The van der Waals surface area contributed by atoms with Gasteiger partial charge in [-0.05, 0) is 24.5 Å². The molecule has 0 bridgehead atoms. The maximum absolute atomic E-state index is 13.0. The van der Waals surface area contributed by atoms with Crippen LogP contribution < -0.4 is 0 Å². The first-order valence-electron chi connectivity index (χ1n) is 7.41. The molecule has 2 amide bonds. The van der Waals surface area contributed by atoms with E-state index < -0.39 is 47.8 Å². The van der Waals surface area contributed by atoms with E-state index >= 15 is 0 Å². The number of benzene rings is 1. The summed E-state index contributed by atoms with van der Waals surface area (Å²) in [6, 6.07) is 3.76. The number of carboxylic acids is 1. The van der Waals surface area contributed by atoms with Gasteiger partial charge in [0.1, 0.15) is 0 Å². The van der Waals surface area contributed by atoms with Crippen molar-refractivity contribution < 1.29 is 32.7 Å². The van der Waals surface area contributed by atoms with Crippen LogP contribution in [0.4, 0.5) is 13.2 Å². The molecule has 0 unspecified atom stereocenters. The van der Waals surface area contributed by atoms with E-state index in [9.17, 15) is 27.6 Å². The van der Waals surface area contributed by atoms with Crippen LogP contribution >= 0.6 is 0 Å². The number of nitrogens with zero attached hydrogens (tertiary/aromatic N) is 1. The van der Waals surface area contributed by atoms with Crippen molar-refractivity contribution in [1.29, 1.82) is 0 Å². The Morgan fingerprint density at radius 2 is 1.96 bits per heavy atom. The largest absolute Gasteiger partial charge is 0.481 e. The molecule has 1 aliphatic heterocycles. The van der Waals surface area contributed by atoms with Crippen molar-refractivity contribution in [2.75, 3.05) is 0 Å². The molecule has 5 nitrogen and oxygen atoms in total. The summed E-state index contributed by atoms with van der Waals surface area (Å²) in [5, 5.41) is 9.17. The summed E-state index contributed by atoms with van der Waals surface area (Å²) < 4.78 is 38.9. The number of amides is 2. The summed E-state index contributed by atoms with van der Waals surface area (Å²) in [4.78, 5) is 37.3. The lowest BCUT2D eigenvalue weighted by molar-refractivity contribution is -0.145. The lowest BCUT2D eigenvalue weighted by atomic mass is 9.75. The summed E-state index contributed by atoms with van der Waals surface area (Å²) in [6.07, 6.45) is -4.48. The van der Waals surface area contributed by atoms with E-state index in [4.69, 9.17) is 5.11 Å². The molecule has 1 N–H and O–H groups in total. The van der Waals surface area contributed by atoms with Gasteiger partial charge in [0, 0.05) is 12.5 Å². The first kappa shape index (κ1) is 16.5. The van der Waals surface area contributed by atoms with Gasteiger partial charge in [-0.25, -0.2) is 0 Å². The SMILES string of the molecule is O=C(O)C[C@]1(c2cccc(C(F)(F)F)c2)CC(=O)N(C2CC2)C1=O. The summed E-state index contributed by atoms with van der Waals surface area (Å²) in [7, 11) is 0. The highest BCUT2D eigenvalue weighted by Crippen LogP contribution is 2.45. The zero-order chi connectivity index (χ0) is 17.7. The average Bonchev–Trinajstić information content (AvgIpc) is 3.26. The highest BCUT2D eigenvalue weighted by molar-refractivity contribution is 6.10. The first-order chi connectivity index (χ1) is 11.1. The Morgan fingerprint density at radius 3 is 2.50 bits per heavy atom. The predicted octanol–water partition coefficient (Wildman–Crippen LogP) is 2.34. The van der Waals surface area contributed by atoms with E-state index in [2.05, 4.69) is 0 Å². The second-order valence-electron chi connectivity index (χ2n) is 6.21. The third-order valence-corrected chi connectivity index (χ3v) is 4.46. The predicted molar refractivity (Wildman–Crippen MR) is 74.9 cm³/mol. The van der Waals surface area contributed by atoms with Crippen molar-refractivity contribution >= 4 is 17.8 Å². The van der Waals surface area contributed by atoms with Gasteiger partial charge in [-0.15, -0.1) is 0 Å². The monoisotopic (exact) mass is 341 g/mol. The standard InChI is InChI=1S/C16H14F3NO4/c17-16(18,19)10-3-1-2-9(6-10)15(8-13(22)23)7-12(21)20(14(15)24)11-4-5-11/h1-3,6,11H,4-5,7-8H2,(H,22,23)/t15-/m0/s1. The molecule has 0 aromatic heterocycles. The fourth-order valence-electron chi connectivity index (χ4n) is 3.18. The van der Waals surface area contributed by atoms with E-state index in [1.165, 1.54) is 6.07 Å². The summed E-state index contributed by atoms with van der Waals surface area (Å²) in [5.41, 5.74) is -2.83. The Kier molecular flexibility index (Phi) is 3.65. The minimum atomic E-state index is -4.62. The van der Waals surface area contributed by atoms with E-state index in [0.29, 0.717) is 12.8 Å². The van der Waals surface area contributed by atoms with Crippen LogP contribution in [-0.4, -0.2) is 33.8 Å². The molecule has 1 aliphatic carbocycles. The number of imide groups is 1. The van der Waals surface area contributed by atoms with Crippen LogP contribution in [0, 0.1) is 0 Å². The van der Waals surface area contributed by atoms with Crippen LogP contribution in [0.25, 0.3) is 0 Å². The minimum absolute atomic E-state index is 0.0822. The number of hydrogen-bond donors (Lipinski definition) is 1. The normalized spacial score (nSPS) is 24.5. The van der Waals surface area contributed by atoms with Crippen LogP contribution in [0.1, 0.15) is 36.8 Å². The van der Waals surface area contributed by atoms with Crippen LogP contribution in [0.3, 0.4) is 0 Å². The molecule has 1 saturated heterocycles. The number of hydrogen-bond acceptors (Lipinski definition) is 3. The molecule has 0 spiro atoms. The van der Waals surface area contributed by atoms with Crippen LogP contribution in [-0.2, 0) is 26.0 Å². The second kappa shape index (κ2) is 5.32. The molecule has 1 aromatic rings. The third-order valence-electron chi connectivity index (χ3n) is 4.46. The zero-order valence-corrected chi connectivity index (χ0v) is 12.5. The fraction of sp³-hybridized carbons (Fsp3) is 0.438. The van der Waals surface area contributed by atoms with Gasteiger partial charge in [-0.2, -0.15) is 13.2 Å². The van der Waals surface area contributed by atoms with Gasteiger partial charge in [0.05, 0.1) is 17.4 Å². The highest BCUT2D eigenvalue weighted by Gasteiger charge is 2.57. The number of alkyl halides is 3. The second-order valence-corrected chi connectivity index (χ2v) is 6.21. The number of rotatable bonds is 4. The van der Waals surface area contributed by atoms with Crippen LogP contribution in [0.2, 0.25) is 0 Å². The fourth-order valence-corrected chi connectivity index (χ4v) is 3.18. The Balaban J connectivity index is 2.09. The molecule has 1 heterocycles. The van der Waals surface area contributed by atoms with E-state index in [1.807, 2.05) is 0 Å². The molecule has 24 heavy (non-hydrogen) atoms. The van der Waals surface area contributed by atoms with Gasteiger partial charge in [-0.3, -0.25) is 19.3 Å². The quantitative estimate of drug-likeness (QED) is 0.853. The molecule has 3 rings (SSSR count). The zero-order valence-electron chi connectivity index (χ0n) is 12.5. The number of carbonyl (C=O) groups excluding carboxylic acids is 2. The number of halogens is 3. The molecule has 0 radical (unpaired) electrons. The number of carboxylic acid groups (broad SMARTS) is 1. The summed E-state index contributed by atoms with van der Waals surface area (Å²) in [5.74, 6) is -2.58. The van der Waals surface area contributed by atoms with Crippen molar-refractivity contribution in [2.45, 2.75) is 43.3 Å². The molecule has 1 aromatic carbocycles. The maximum Gasteiger partial charge on any atom is 0.416 e. The van der Waals surface area contributed by atoms with Gasteiger partial charge in [-0.1, -0.05) is 18.2 Å². The molecule has 1 atom stereocenters. The van der Waals surface area contributed by atoms with Crippen molar-refractivity contribution in [3.05, 3.63) is 35.4 Å². The highest BCUT2D eigenvalue weighted by atomic mass is 19.4. The van der Waals surface area contributed by atoms with Crippen LogP contribution in [0.15, 0.2) is 24.3 Å². The van der Waals surface area contributed by atoms with E-state index in [0.717, 1.165) is 23.1 Å². The first-order valence-corrected chi connectivity index (χ1v) is 7.41. The summed E-state index contributed by atoms with van der Waals surface area (Å²) in [6.45, 7) is 0. The lowest BCUT2D eigenvalue weighted by Gasteiger charge is -2.26. The molecule has 1 saturated carbocycles. The van der Waals surface area contributed by atoms with Crippen molar-refractivity contribution in [3.63, 3.8) is 0 Å². The molecule has 8 heteroatoms. The van der Waals surface area contributed by atoms with E-state index in [-0.39, 0.29) is 11.6 Å². The third kappa shape index (κ3) is 2.65. The van der Waals surface area contributed by atoms with Crippen molar-refractivity contribution in [1.82, 2.24) is 4.90 Å². The van der Waals surface area contributed by atoms with Crippen molar-refractivity contribution in [2.24, 2.45) is 0 Å². The van der Waals surface area contributed by atoms with Crippen LogP contribution in [0.5, 0.6) is 0 Å². The Morgan fingerprint density at radius 1 is 1.29 bits per heavy atom. The Labute approximate surface area is 135 Å². The molecule has 128 valence electrons. The smallest absolute Gasteiger partial charge is 0.416 e. The van der Waals surface area contributed by atoms with Gasteiger partial charge >= 0.3 is 12.1 Å². The molecule has 2 fully saturated rings. The molecule has 2 aliphatic rings. The van der Waals surface area contributed by atoms with E-state index in [1.54, 1.807) is 0 Å². The van der Waals surface area contributed by atoms with Gasteiger partial charge < -0.3 is 5.11 Å². The summed E-state index contributed by atoms with van der Waals surface area (Å²) >= 11 is 0. The lowest BCUT2D eigenvalue weighted by Crippen LogP contribution is -2.41. The molecular weight excluding hydrogens is 327 g/mol. The Hall–Kier alpha value is -2.38. The average molecular weight is 341 g/mol. The van der Waals surface area contributed by atoms with Gasteiger partial charge in [0.2, 0.25) is 11.8 Å². The molecular formula is C16H14F3NO4. The number of likely N-dealkylation sites (tertiary alicyclic amines) is 1. The van der Waals surface area contributed by atoms with Gasteiger partial charge in [0.15, 0.2) is 0 Å². The van der Waals surface area contributed by atoms with Gasteiger partial charge in [0.25, 0.3) is 0 Å². The number of carbonyl (C=O) groups is 3. The minimum Gasteiger partial charge on any atom is -0.481 e. The Bertz CT molecular complexity index is 726. The number of aliphatic carboxylic acids is 1. The topological polar surface area (TPSA) is 74.7 Å².